The van der Waals surface area contributed by atoms with Crippen LogP contribution in [0.1, 0.15) is 58.5 Å². The molecule has 0 aliphatic heterocycles. The topological polar surface area (TPSA) is 140 Å². The summed E-state index contributed by atoms with van der Waals surface area (Å²) >= 11 is 0. The highest BCUT2D eigenvalue weighted by atomic mass is 16.4. The van der Waals surface area contributed by atoms with Gasteiger partial charge in [0.2, 0.25) is 0 Å². The molecule has 4 N–H and O–H groups in total. The van der Waals surface area contributed by atoms with Gasteiger partial charge in [0.05, 0.1) is 16.4 Å². The van der Waals surface area contributed by atoms with Gasteiger partial charge in [-0.15, -0.1) is 0 Å². The lowest BCUT2D eigenvalue weighted by atomic mass is 9.99. The molecule has 0 unspecified atom stereocenters. The molecule has 1 aromatic carbocycles. The van der Waals surface area contributed by atoms with Crippen molar-refractivity contribution in [3.05, 3.63) is 55.6 Å². The third-order valence-corrected chi connectivity index (χ3v) is 3.63. The van der Waals surface area contributed by atoms with Gasteiger partial charge in [-0.1, -0.05) is 13.2 Å². The predicted molar refractivity (Wildman–Crippen MR) is 95.2 cm³/mol. The second kappa shape index (κ2) is 6.47. The normalized spacial score (nSPS) is 18.4. The Labute approximate surface area is 158 Å². The van der Waals surface area contributed by atoms with Crippen LogP contribution < -0.4 is 10.9 Å². The van der Waals surface area contributed by atoms with Gasteiger partial charge in [-0.25, -0.2) is 9.59 Å². The van der Waals surface area contributed by atoms with E-state index in [1.54, 1.807) is 0 Å². The highest BCUT2D eigenvalue weighted by Gasteiger charge is 2.17. The lowest BCUT2D eigenvalue weighted by Crippen LogP contribution is -2.15. The minimum absolute atomic E-state index is 0.429. The smallest absolute Gasteiger partial charge is 0.352 e. The maximum absolute atomic E-state index is 12.9. The summed E-state index contributed by atoms with van der Waals surface area (Å²) in [6.45, 7) is -3.65. The second-order valence-corrected chi connectivity index (χ2v) is 5.18. The van der Waals surface area contributed by atoms with Crippen LogP contribution in [0.2, 0.25) is 0 Å². The van der Waals surface area contributed by atoms with E-state index in [0.29, 0.717) is 18.2 Å². The number of hydrogen-bond acceptors (Lipinski definition) is 4. The molecule has 3 rings (SSSR count). The number of rotatable bonds is 5. The molecule has 0 spiro atoms. The molecule has 26 heavy (non-hydrogen) atoms. The molecule has 2 aromatic heterocycles. The first-order chi connectivity index (χ1) is 15.8. The van der Waals surface area contributed by atoms with E-state index in [9.17, 15) is 29.4 Å². The number of aromatic carboxylic acids is 2. The summed E-state index contributed by atoms with van der Waals surface area (Å²) in [5.74, 6) is -3.26. The number of nitrogens with one attached hydrogen (secondary N) is 2. The van der Waals surface area contributed by atoms with Gasteiger partial charge in [0.15, 0.2) is 10.9 Å². The molecule has 0 bridgehead atoms. The fourth-order valence-electron chi connectivity index (χ4n) is 2.56. The minimum Gasteiger partial charge on any atom is -0.477 e. The molecular weight excluding hydrogens is 340 g/mol. The van der Waals surface area contributed by atoms with Crippen molar-refractivity contribution >= 4 is 33.7 Å². The molecule has 8 nitrogen and oxygen atoms in total. The van der Waals surface area contributed by atoms with E-state index in [-0.39, 0.29) is 0 Å². The standard InChI is InChI=1S/C18H16N2O6/c1-2-3-4-8-5-9-12(21)6-10(17(23)24)20-16(9)14-13(22)7-11(18(25)26)19-15(8)14/h5-7H,2-4H2,1H3,(H,19,22)(H,20,21)(H,23,24)(H,25,26)/i1D3,2D2,3D2,4D2. The number of aromatic amines is 2. The minimum atomic E-state index is -3.82. The number of aromatic nitrogens is 2. The van der Waals surface area contributed by atoms with Gasteiger partial charge in [0.1, 0.15) is 11.4 Å². The van der Waals surface area contributed by atoms with E-state index in [2.05, 4.69) is 9.97 Å². The molecule has 0 fully saturated rings. The van der Waals surface area contributed by atoms with Crippen LogP contribution in [0.3, 0.4) is 0 Å². The van der Waals surface area contributed by atoms with E-state index < -0.39 is 87.5 Å². The molecule has 2 heterocycles. The predicted octanol–water partition coefficient (Wildman–Crippen LogP) is 2.11. The van der Waals surface area contributed by atoms with Crippen LogP contribution in [0.15, 0.2) is 27.8 Å². The zero-order valence-corrected chi connectivity index (χ0v) is 12.8. The zero-order chi connectivity index (χ0) is 26.9. The van der Waals surface area contributed by atoms with Crippen LogP contribution in [-0.4, -0.2) is 32.1 Å². The van der Waals surface area contributed by atoms with E-state index in [4.69, 9.17) is 12.3 Å². The Kier molecular flexibility index (Phi) is 2.32. The van der Waals surface area contributed by atoms with Crippen LogP contribution in [0.5, 0.6) is 0 Å². The molecule has 0 saturated heterocycles. The summed E-state index contributed by atoms with van der Waals surface area (Å²) in [5.41, 5.74) is -5.64. The fraction of sp³-hybridized carbons (Fsp3) is 0.222. The Morgan fingerprint density at radius 2 is 1.65 bits per heavy atom. The quantitative estimate of drug-likeness (QED) is 0.510. The van der Waals surface area contributed by atoms with Gasteiger partial charge in [0, 0.05) is 29.9 Å². The van der Waals surface area contributed by atoms with Gasteiger partial charge in [-0.3, -0.25) is 9.59 Å². The first-order valence-electron chi connectivity index (χ1n) is 11.5. The van der Waals surface area contributed by atoms with E-state index >= 15 is 0 Å². The van der Waals surface area contributed by atoms with Crippen molar-refractivity contribution in [3.63, 3.8) is 0 Å². The van der Waals surface area contributed by atoms with Gasteiger partial charge < -0.3 is 20.2 Å². The molecule has 8 heteroatoms. The van der Waals surface area contributed by atoms with Crippen LogP contribution in [0, 0.1) is 0 Å². The molecular formula is C18H16N2O6. The summed E-state index contributed by atoms with van der Waals surface area (Å²) in [6.07, 6.45) is -11.2. The SMILES string of the molecule is [2H]C([2H])([2H])C([2H])([2H])C([2H])([2H])C([2H])([2H])c1cc2c(=O)cc(C(=O)O)[nH]c2c2c(=O)cc(C(=O)O)[nH]c12. The van der Waals surface area contributed by atoms with Crippen LogP contribution in [0.25, 0.3) is 21.8 Å². The number of aryl methyl sites for hydroxylation is 1. The highest BCUT2D eigenvalue weighted by Crippen LogP contribution is 2.24. The van der Waals surface area contributed by atoms with Gasteiger partial charge in [-0.2, -0.15) is 0 Å². The first kappa shape index (κ1) is 9.33. The Hall–Kier alpha value is -3.42. The number of benzene rings is 1. The van der Waals surface area contributed by atoms with Crippen LogP contribution >= 0.6 is 0 Å². The molecule has 0 radical (unpaired) electrons. The summed E-state index contributed by atoms with van der Waals surface area (Å²) in [7, 11) is 0. The van der Waals surface area contributed by atoms with Crippen molar-refractivity contribution in [2.24, 2.45) is 0 Å². The molecule has 0 aliphatic rings. The number of hydrogen-bond donors (Lipinski definition) is 4. The number of carboxylic acids is 2. The van der Waals surface area contributed by atoms with E-state index in [1.807, 2.05) is 0 Å². The molecule has 0 atom stereocenters. The number of fused-ring (bicyclic) bond motifs is 3. The van der Waals surface area contributed by atoms with Crippen molar-refractivity contribution in [2.75, 3.05) is 0 Å². The Balaban J connectivity index is 2.61. The van der Waals surface area contributed by atoms with Gasteiger partial charge in [-0.05, 0) is 24.4 Å². The molecule has 0 saturated carbocycles. The maximum Gasteiger partial charge on any atom is 0.352 e. The molecule has 3 aromatic rings. The largest absolute Gasteiger partial charge is 0.477 e. The lowest BCUT2D eigenvalue weighted by Gasteiger charge is -2.11. The highest BCUT2D eigenvalue weighted by molar-refractivity contribution is 6.07. The van der Waals surface area contributed by atoms with Gasteiger partial charge >= 0.3 is 11.9 Å². The number of pyridine rings is 2. The monoisotopic (exact) mass is 365 g/mol. The van der Waals surface area contributed by atoms with Gasteiger partial charge in [0.25, 0.3) is 0 Å². The number of carbonyl (C=O) groups is 2. The fourth-order valence-corrected chi connectivity index (χ4v) is 2.56. The average Bonchev–Trinajstić information content (AvgIpc) is 2.71. The number of H-pyrrole nitrogens is 2. The van der Waals surface area contributed by atoms with Crippen molar-refractivity contribution in [1.82, 2.24) is 9.97 Å². The van der Waals surface area contributed by atoms with Crippen LogP contribution in [-0.2, 0) is 6.37 Å². The molecule has 0 amide bonds. The second-order valence-electron chi connectivity index (χ2n) is 5.18. The van der Waals surface area contributed by atoms with Crippen LogP contribution in [0.4, 0.5) is 0 Å². The zero-order valence-electron chi connectivity index (χ0n) is 21.8. The summed E-state index contributed by atoms with van der Waals surface area (Å²) in [6, 6.07) is 1.88. The van der Waals surface area contributed by atoms with Crippen molar-refractivity contribution in [2.45, 2.75) is 26.0 Å². The molecule has 134 valence electrons. The first-order valence-corrected chi connectivity index (χ1v) is 7.00. The van der Waals surface area contributed by atoms with E-state index in [0.717, 1.165) is 0 Å². The Morgan fingerprint density at radius 3 is 2.27 bits per heavy atom. The molecule has 0 aliphatic carbocycles. The van der Waals surface area contributed by atoms with Crippen molar-refractivity contribution < 1.29 is 32.1 Å². The lowest BCUT2D eigenvalue weighted by molar-refractivity contribution is 0.0680. The summed E-state index contributed by atoms with van der Waals surface area (Å²) < 4.78 is 70.8. The third-order valence-electron chi connectivity index (χ3n) is 3.63. The van der Waals surface area contributed by atoms with Crippen molar-refractivity contribution in [3.8, 4) is 0 Å². The number of carboxylic acid groups (broad SMARTS) is 2. The summed E-state index contributed by atoms with van der Waals surface area (Å²) in [4.78, 5) is 52.9. The Bertz CT molecular complexity index is 1520. The summed E-state index contributed by atoms with van der Waals surface area (Å²) in [5, 5.41) is 17.5. The third kappa shape index (κ3) is 2.85. The van der Waals surface area contributed by atoms with E-state index in [1.165, 1.54) is 0 Å². The average molecular weight is 365 g/mol. The maximum atomic E-state index is 12.9. The van der Waals surface area contributed by atoms with Crippen molar-refractivity contribution in [1.29, 1.82) is 0 Å². The Morgan fingerprint density at radius 1 is 1.04 bits per heavy atom.